The number of hydrogen-bond donors (Lipinski definition) is 2. The second kappa shape index (κ2) is 7.78. The Morgan fingerprint density at radius 3 is 2.55 bits per heavy atom. The number of nitrogens with one attached hydrogen (secondary N) is 1. The molecule has 0 radical (unpaired) electrons. The molecule has 0 aliphatic rings. The normalized spacial score (nSPS) is 11.2. The predicted octanol–water partition coefficient (Wildman–Crippen LogP) is 5.17. The SMILES string of the molecule is Cc1ccc(C(=O)Nc2cccc(Oc3cc(C(F)(F)F)ccc3F)c2)c(N)n1. The van der Waals surface area contributed by atoms with E-state index in [1.165, 1.54) is 30.3 Å². The summed E-state index contributed by atoms with van der Waals surface area (Å²) in [5.74, 6) is -1.98. The number of aryl methyl sites for hydroxylation is 1. The number of rotatable bonds is 4. The van der Waals surface area contributed by atoms with E-state index in [0.717, 1.165) is 0 Å². The van der Waals surface area contributed by atoms with Crippen molar-refractivity contribution < 1.29 is 27.1 Å². The molecule has 5 nitrogen and oxygen atoms in total. The minimum atomic E-state index is -4.64. The summed E-state index contributed by atoms with van der Waals surface area (Å²) in [5, 5.41) is 2.58. The zero-order valence-corrected chi connectivity index (χ0v) is 15.0. The molecule has 0 aliphatic carbocycles. The van der Waals surface area contributed by atoms with E-state index < -0.39 is 29.2 Å². The lowest BCUT2D eigenvalue weighted by atomic mass is 10.2. The number of amides is 1. The summed E-state index contributed by atoms with van der Waals surface area (Å²) in [6, 6.07) is 10.8. The maximum atomic E-state index is 13.9. The van der Waals surface area contributed by atoms with Gasteiger partial charge in [-0.25, -0.2) is 9.37 Å². The van der Waals surface area contributed by atoms with Crippen molar-refractivity contribution in [2.75, 3.05) is 11.1 Å². The quantitative estimate of drug-likeness (QED) is 0.587. The van der Waals surface area contributed by atoms with E-state index in [2.05, 4.69) is 10.3 Å². The molecule has 0 aliphatic heterocycles. The molecule has 1 heterocycles. The summed E-state index contributed by atoms with van der Waals surface area (Å²) in [7, 11) is 0. The molecule has 1 amide bonds. The highest BCUT2D eigenvalue weighted by Gasteiger charge is 2.31. The molecular weight excluding hydrogens is 390 g/mol. The van der Waals surface area contributed by atoms with Gasteiger partial charge in [-0.2, -0.15) is 13.2 Å². The van der Waals surface area contributed by atoms with E-state index >= 15 is 0 Å². The third kappa shape index (κ3) is 4.81. The molecule has 150 valence electrons. The van der Waals surface area contributed by atoms with E-state index in [9.17, 15) is 22.4 Å². The summed E-state index contributed by atoms with van der Waals surface area (Å²) in [6.45, 7) is 1.73. The van der Waals surface area contributed by atoms with Crippen LogP contribution in [0.5, 0.6) is 11.5 Å². The number of carbonyl (C=O) groups excluding carboxylic acids is 1. The number of nitrogens with two attached hydrogens (primary N) is 1. The molecule has 0 fully saturated rings. The highest BCUT2D eigenvalue weighted by Crippen LogP contribution is 2.34. The fourth-order valence-corrected chi connectivity index (χ4v) is 2.49. The second-order valence-corrected chi connectivity index (χ2v) is 6.11. The smallest absolute Gasteiger partial charge is 0.416 e. The average molecular weight is 405 g/mol. The number of nitrogens with zero attached hydrogens (tertiary/aromatic N) is 1. The van der Waals surface area contributed by atoms with Crippen LogP contribution in [0.4, 0.5) is 29.1 Å². The summed E-state index contributed by atoms with van der Waals surface area (Å²) < 4.78 is 57.6. The molecule has 29 heavy (non-hydrogen) atoms. The number of pyridine rings is 1. The second-order valence-electron chi connectivity index (χ2n) is 6.11. The lowest BCUT2D eigenvalue weighted by Gasteiger charge is -2.12. The number of alkyl halides is 3. The van der Waals surface area contributed by atoms with Crippen LogP contribution in [0.25, 0.3) is 0 Å². The maximum Gasteiger partial charge on any atom is 0.416 e. The van der Waals surface area contributed by atoms with Gasteiger partial charge in [0.15, 0.2) is 11.6 Å². The highest BCUT2D eigenvalue weighted by molar-refractivity contribution is 6.07. The van der Waals surface area contributed by atoms with Crippen LogP contribution in [0.3, 0.4) is 0 Å². The number of hydrogen-bond acceptors (Lipinski definition) is 4. The maximum absolute atomic E-state index is 13.9. The Hall–Kier alpha value is -3.62. The number of anilines is 2. The number of carbonyl (C=O) groups is 1. The molecule has 1 aromatic heterocycles. The fraction of sp³-hybridized carbons (Fsp3) is 0.100. The third-order valence-electron chi connectivity index (χ3n) is 3.89. The predicted molar refractivity (Wildman–Crippen MR) is 99.3 cm³/mol. The van der Waals surface area contributed by atoms with E-state index in [-0.39, 0.29) is 22.8 Å². The summed E-state index contributed by atoms with van der Waals surface area (Å²) in [4.78, 5) is 16.4. The van der Waals surface area contributed by atoms with Crippen molar-refractivity contribution in [2.45, 2.75) is 13.1 Å². The lowest BCUT2D eigenvalue weighted by Crippen LogP contribution is -2.15. The van der Waals surface area contributed by atoms with Gasteiger partial charge in [-0.05, 0) is 49.4 Å². The van der Waals surface area contributed by atoms with E-state index in [1.807, 2.05) is 0 Å². The van der Waals surface area contributed by atoms with E-state index in [4.69, 9.17) is 10.5 Å². The van der Waals surface area contributed by atoms with Gasteiger partial charge in [-0.15, -0.1) is 0 Å². The van der Waals surface area contributed by atoms with Gasteiger partial charge >= 0.3 is 6.18 Å². The number of aromatic nitrogens is 1. The van der Waals surface area contributed by atoms with E-state index in [1.54, 1.807) is 13.0 Å². The van der Waals surface area contributed by atoms with Gasteiger partial charge < -0.3 is 15.8 Å². The van der Waals surface area contributed by atoms with Crippen molar-refractivity contribution in [3.05, 3.63) is 77.2 Å². The Bertz CT molecular complexity index is 1070. The van der Waals surface area contributed by atoms with Crippen LogP contribution in [-0.2, 0) is 6.18 Å². The van der Waals surface area contributed by atoms with Crippen molar-refractivity contribution in [1.29, 1.82) is 0 Å². The first-order valence-electron chi connectivity index (χ1n) is 8.32. The molecule has 0 spiro atoms. The molecule has 3 N–H and O–H groups in total. The van der Waals surface area contributed by atoms with Gasteiger partial charge in [0, 0.05) is 17.4 Å². The Balaban J connectivity index is 1.81. The standard InChI is InChI=1S/C20H15F4N3O2/c1-11-5-7-15(18(25)26-11)19(28)27-13-3-2-4-14(10-13)29-17-9-12(20(22,23)24)6-8-16(17)21/h2-10H,1H3,(H2,25,26)(H,27,28). The van der Waals surface area contributed by atoms with Crippen LogP contribution in [0.15, 0.2) is 54.6 Å². The number of benzene rings is 2. The highest BCUT2D eigenvalue weighted by atomic mass is 19.4. The molecule has 0 saturated heterocycles. The summed E-state index contributed by atoms with van der Waals surface area (Å²) in [6.07, 6.45) is -4.64. The molecule has 9 heteroatoms. The molecule has 0 unspecified atom stereocenters. The van der Waals surface area contributed by atoms with Crippen molar-refractivity contribution in [3.63, 3.8) is 0 Å². The van der Waals surface area contributed by atoms with Crippen molar-refractivity contribution in [3.8, 4) is 11.5 Å². The monoisotopic (exact) mass is 405 g/mol. The van der Waals surface area contributed by atoms with Gasteiger partial charge in [-0.1, -0.05) is 6.07 Å². The average Bonchev–Trinajstić information content (AvgIpc) is 2.62. The molecule has 3 aromatic rings. The zero-order chi connectivity index (χ0) is 21.2. The third-order valence-corrected chi connectivity index (χ3v) is 3.89. The fourth-order valence-electron chi connectivity index (χ4n) is 2.49. The Morgan fingerprint density at radius 1 is 1.10 bits per heavy atom. The van der Waals surface area contributed by atoms with Gasteiger partial charge in [0.1, 0.15) is 11.6 Å². The van der Waals surface area contributed by atoms with Crippen LogP contribution in [0.2, 0.25) is 0 Å². The van der Waals surface area contributed by atoms with Crippen LogP contribution in [0.1, 0.15) is 21.6 Å². The number of ether oxygens (including phenoxy) is 1. The summed E-state index contributed by atoms with van der Waals surface area (Å²) >= 11 is 0. The molecular formula is C20H15F4N3O2. The Morgan fingerprint density at radius 2 is 1.86 bits per heavy atom. The topological polar surface area (TPSA) is 77.2 Å². The largest absolute Gasteiger partial charge is 0.454 e. The first-order chi connectivity index (χ1) is 13.6. The number of nitrogen functional groups attached to an aromatic ring is 1. The van der Waals surface area contributed by atoms with Crippen molar-refractivity contribution >= 4 is 17.4 Å². The minimum Gasteiger partial charge on any atom is -0.454 e. The summed E-state index contributed by atoms with van der Waals surface area (Å²) in [5.41, 5.74) is 5.79. The molecule has 0 bridgehead atoms. The van der Waals surface area contributed by atoms with Crippen LogP contribution in [-0.4, -0.2) is 10.9 Å². The van der Waals surface area contributed by atoms with Gasteiger partial charge in [0.25, 0.3) is 5.91 Å². The van der Waals surface area contributed by atoms with Gasteiger partial charge in [-0.3, -0.25) is 4.79 Å². The van der Waals surface area contributed by atoms with Crippen molar-refractivity contribution in [1.82, 2.24) is 4.98 Å². The number of halogens is 4. The van der Waals surface area contributed by atoms with Crippen molar-refractivity contribution in [2.24, 2.45) is 0 Å². The van der Waals surface area contributed by atoms with E-state index in [0.29, 0.717) is 23.9 Å². The molecule has 3 rings (SSSR count). The molecule has 0 atom stereocenters. The Labute approximate surface area is 163 Å². The minimum absolute atomic E-state index is 0.0380. The molecule has 0 saturated carbocycles. The first kappa shape index (κ1) is 20.1. The van der Waals surface area contributed by atoms with Crippen LogP contribution >= 0.6 is 0 Å². The van der Waals surface area contributed by atoms with Gasteiger partial charge in [0.05, 0.1) is 11.1 Å². The zero-order valence-electron chi connectivity index (χ0n) is 15.0. The van der Waals surface area contributed by atoms with Crippen LogP contribution < -0.4 is 15.8 Å². The van der Waals surface area contributed by atoms with Gasteiger partial charge in [0.2, 0.25) is 0 Å². The first-order valence-corrected chi connectivity index (χ1v) is 8.32. The van der Waals surface area contributed by atoms with Crippen LogP contribution in [0, 0.1) is 12.7 Å². The lowest BCUT2D eigenvalue weighted by molar-refractivity contribution is -0.137. The molecule has 2 aromatic carbocycles. The Kier molecular flexibility index (Phi) is 5.40.